The zero-order chi connectivity index (χ0) is 27.6. The van der Waals surface area contributed by atoms with Crippen LogP contribution in [0.25, 0.3) is 22.6 Å². The normalized spacial score (nSPS) is 15.9. The molecule has 2 aromatic heterocycles. The highest BCUT2D eigenvalue weighted by Gasteiger charge is 2.35. The van der Waals surface area contributed by atoms with Gasteiger partial charge in [-0.15, -0.1) is 11.3 Å². The van der Waals surface area contributed by atoms with Gasteiger partial charge in [0.25, 0.3) is 5.91 Å². The third kappa shape index (κ3) is 5.76. The van der Waals surface area contributed by atoms with Crippen LogP contribution in [0.1, 0.15) is 59.2 Å². The minimum atomic E-state index is -0.546. The Kier molecular flexibility index (Phi) is 7.32. The molecular formula is C32H29N3O3S. The Morgan fingerprint density at radius 1 is 1.13 bits per heavy atom. The second kappa shape index (κ2) is 10.8. The number of carbonyl (C=O) groups excluding carboxylic acids is 2. The number of benzene rings is 2. The molecule has 4 aromatic rings. The van der Waals surface area contributed by atoms with Gasteiger partial charge < -0.3 is 10.1 Å². The smallest absolute Gasteiger partial charge is 0.339 e. The van der Waals surface area contributed by atoms with E-state index in [1.807, 2.05) is 36.4 Å². The lowest BCUT2D eigenvalue weighted by molar-refractivity contribution is -0.119. The van der Waals surface area contributed by atoms with Gasteiger partial charge >= 0.3 is 5.97 Å². The molecule has 0 fully saturated rings. The molecule has 1 N–H and O–H groups in total. The number of esters is 1. The second-order valence-corrected chi connectivity index (χ2v) is 11.8. The molecule has 0 saturated carbocycles. The van der Waals surface area contributed by atoms with Gasteiger partial charge in [-0.25, -0.2) is 9.78 Å². The fraction of sp³-hybridized carbons (Fsp3) is 0.250. The number of rotatable bonds is 5. The third-order valence-electron chi connectivity index (χ3n) is 7.11. The summed E-state index contributed by atoms with van der Waals surface area (Å²) in [5.41, 5.74) is 4.90. The Bertz CT molecular complexity index is 1620. The van der Waals surface area contributed by atoms with Crippen molar-refractivity contribution < 1.29 is 14.3 Å². The lowest BCUT2D eigenvalue weighted by Crippen LogP contribution is -2.29. The number of para-hydroxylation sites is 1. The van der Waals surface area contributed by atoms with Crippen LogP contribution in [0.5, 0.6) is 0 Å². The summed E-state index contributed by atoms with van der Waals surface area (Å²) >= 11 is 1.67. The van der Waals surface area contributed by atoms with Gasteiger partial charge in [0.1, 0.15) is 0 Å². The molecule has 39 heavy (non-hydrogen) atoms. The fourth-order valence-electron chi connectivity index (χ4n) is 4.98. The van der Waals surface area contributed by atoms with Gasteiger partial charge in [-0.1, -0.05) is 51.1 Å². The fourth-order valence-corrected chi connectivity index (χ4v) is 5.66. The number of amides is 1. The number of aromatic nitrogens is 1. The molecule has 0 bridgehead atoms. The summed E-state index contributed by atoms with van der Waals surface area (Å²) in [5, 5.41) is 14.6. The number of anilines is 1. The number of carbonyl (C=O) groups is 2. The molecule has 0 unspecified atom stereocenters. The molecule has 0 saturated heterocycles. The maximum absolute atomic E-state index is 13.7. The molecular weight excluding hydrogens is 506 g/mol. The van der Waals surface area contributed by atoms with Gasteiger partial charge in [-0.3, -0.25) is 4.79 Å². The van der Waals surface area contributed by atoms with Crippen molar-refractivity contribution in [2.24, 2.45) is 11.3 Å². The molecule has 1 amide bonds. The molecule has 0 spiro atoms. The molecule has 2 aromatic carbocycles. The van der Waals surface area contributed by atoms with E-state index < -0.39 is 18.5 Å². The molecule has 0 radical (unpaired) electrons. The minimum Gasteiger partial charge on any atom is -0.452 e. The van der Waals surface area contributed by atoms with Crippen LogP contribution < -0.4 is 5.32 Å². The van der Waals surface area contributed by atoms with Gasteiger partial charge in [0, 0.05) is 16.0 Å². The zero-order valence-corrected chi connectivity index (χ0v) is 23.0. The molecule has 5 rings (SSSR count). The predicted molar refractivity (Wildman–Crippen MR) is 155 cm³/mol. The molecule has 2 heterocycles. The van der Waals surface area contributed by atoms with Crippen molar-refractivity contribution in [1.29, 1.82) is 5.26 Å². The summed E-state index contributed by atoms with van der Waals surface area (Å²) in [7, 11) is 0. The predicted octanol–water partition coefficient (Wildman–Crippen LogP) is 7.11. The number of thiophene rings is 1. The summed E-state index contributed by atoms with van der Waals surface area (Å²) in [6.45, 7) is 6.23. The first kappa shape index (κ1) is 26.3. The first-order valence-corrected chi connectivity index (χ1v) is 13.7. The highest BCUT2D eigenvalue weighted by atomic mass is 32.1. The van der Waals surface area contributed by atoms with Gasteiger partial charge in [0.2, 0.25) is 0 Å². The molecule has 1 aliphatic rings. The van der Waals surface area contributed by atoms with Crippen LogP contribution in [-0.2, 0) is 16.0 Å². The topological polar surface area (TPSA) is 92.1 Å². The van der Waals surface area contributed by atoms with E-state index in [4.69, 9.17) is 15.0 Å². The number of ether oxygens (including phenoxy) is 1. The van der Waals surface area contributed by atoms with Crippen LogP contribution in [0.15, 0.2) is 66.0 Å². The van der Waals surface area contributed by atoms with E-state index in [1.54, 1.807) is 35.6 Å². The molecule has 1 aliphatic carbocycles. The number of nitriles is 1. The van der Waals surface area contributed by atoms with E-state index in [-0.39, 0.29) is 5.41 Å². The van der Waals surface area contributed by atoms with Gasteiger partial charge in [0.15, 0.2) is 6.61 Å². The lowest BCUT2D eigenvalue weighted by atomic mass is 9.69. The Morgan fingerprint density at radius 3 is 2.69 bits per heavy atom. The van der Waals surface area contributed by atoms with Crippen molar-refractivity contribution in [3.05, 3.63) is 93.3 Å². The maximum Gasteiger partial charge on any atom is 0.339 e. The Labute approximate surface area is 232 Å². The van der Waals surface area contributed by atoms with E-state index in [0.717, 1.165) is 28.1 Å². The highest BCUT2D eigenvalue weighted by molar-refractivity contribution is 7.10. The highest BCUT2D eigenvalue weighted by Crippen LogP contribution is 2.45. The van der Waals surface area contributed by atoms with Crippen LogP contribution in [0.2, 0.25) is 0 Å². The van der Waals surface area contributed by atoms with Crippen molar-refractivity contribution in [2.75, 3.05) is 11.9 Å². The standard InChI is InChI=1S/C32H29N3O3S/c1-32(2,3)22-15-21(16-24-10-7-13-39-24)30-26(17-22)29(25-11-4-5-12-27(25)35-30)31(37)38-19-28(36)34-23-9-6-8-20(14-23)18-33/h4-14,16,22H,15,17,19H2,1-3H3,(H,34,36)/b21-16-/t22-/m0/s1. The molecule has 0 aliphatic heterocycles. The number of allylic oxidation sites excluding steroid dienone is 1. The number of nitrogens with one attached hydrogen (secondary N) is 1. The summed E-state index contributed by atoms with van der Waals surface area (Å²) in [6.07, 6.45) is 3.73. The average Bonchev–Trinajstić information content (AvgIpc) is 3.43. The van der Waals surface area contributed by atoms with Crippen molar-refractivity contribution in [3.8, 4) is 6.07 Å². The van der Waals surface area contributed by atoms with Gasteiger partial charge in [0.05, 0.1) is 28.4 Å². The van der Waals surface area contributed by atoms with Gasteiger partial charge in [-0.05, 0) is 77.1 Å². The van der Waals surface area contributed by atoms with Crippen LogP contribution in [0.4, 0.5) is 5.69 Å². The van der Waals surface area contributed by atoms with Crippen LogP contribution in [0.3, 0.4) is 0 Å². The number of nitrogens with zero attached hydrogens (tertiary/aromatic N) is 2. The summed E-state index contributed by atoms with van der Waals surface area (Å²) in [4.78, 5) is 32.5. The quantitative estimate of drug-likeness (QED) is 0.275. The first-order chi connectivity index (χ1) is 18.7. The Balaban J connectivity index is 1.51. The zero-order valence-electron chi connectivity index (χ0n) is 22.2. The van der Waals surface area contributed by atoms with Crippen molar-refractivity contribution in [3.63, 3.8) is 0 Å². The molecule has 1 atom stereocenters. The summed E-state index contributed by atoms with van der Waals surface area (Å²) in [6, 6.07) is 20.3. The first-order valence-electron chi connectivity index (χ1n) is 12.9. The maximum atomic E-state index is 13.7. The summed E-state index contributed by atoms with van der Waals surface area (Å²) in [5.74, 6) is -0.728. The van der Waals surface area contributed by atoms with Crippen molar-refractivity contribution in [1.82, 2.24) is 4.98 Å². The Hall–Kier alpha value is -4.28. The Morgan fingerprint density at radius 2 is 1.95 bits per heavy atom. The van der Waals surface area contributed by atoms with E-state index >= 15 is 0 Å². The number of hydrogen-bond acceptors (Lipinski definition) is 6. The second-order valence-electron chi connectivity index (χ2n) is 10.8. The monoisotopic (exact) mass is 535 g/mol. The van der Waals surface area contributed by atoms with E-state index in [2.05, 4.69) is 43.6 Å². The van der Waals surface area contributed by atoms with Crippen molar-refractivity contribution in [2.45, 2.75) is 33.6 Å². The number of pyridine rings is 1. The minimum absolute atomic E-state index is 0.0108. The lowest BCUT2D eigenvalue weighted by Gasteiger charge is -2.36. The SMILES string of the molecule is CC(C)(C)[C@H]1C/C(=C/c2cccs2)c2nc3ccccc3c(C(=O)OCC(=O)Nc3cccc(C#N)c3)c2C1. The van der Waals surface area contributed by atoms with Crippen LogP contribution in [-0.4, -0.2) is 23.5 Å². The molecule has 196 valence electrons. The molecule has 7 heteroatoms. The average molecular weight is 536 g/mol. The number of hydrogen-bond donors (Lipinski definition) is 1. The largest absolute Gasteiger partial charge is 0.452 e. The van der Waals surface area contributed by atoms with E-state index in [1.165, 1.54) is 0 Å². The molecule has 6 nitrogen and oxygen atoms in total. The van der Waals surface area contributed by atoms with Crippen LogP contribution >= 0.6 is 11.3 Å². The van der Waals surface area contributed by atoms with E-state index in [9.17, 15) is 9.59 Å². The van der Waals surface area contributed by atoms with Crippen LogP contribution in [0, 0.1) is 22.7 Å². The summed E-state index contributed by atoms with van der Waals surface area (Å²) < 4.78 is 5.59. The van der Waals surface area contributed by atoms with E-state index in [0.29, 0.717) is 40.1 Å². The number of fused-ring (bicyclic) bond motifs is 2. The van der Waals surface area contributed by atoms with Gasteiger partial charge in [-0.2, -0.15) is 5.26 Å². The third-order valence-corrected chi connectivity index (χ3v) is 7.93. The van der Waals surface area contributed by atoms with Crippen molar-refractivity contribution >= 4 is 51.5 Å².